The number of ether oxygens (including phenoxy) is 1. The second kappa shape index (κ2) is 11.5. The fraction of sp³-hybridized carbons (Fsp3) is 0.690. The zero-order valence-electron chi connectivity index (χ0n) is 22.6. The van der Waals surface area contributed by atoms with Gasteiger partial charge in [0.1, 0.15) is 11.9 Å². The summed E-state index contributed by atoms with van der Waals surface area (Å²) in [5.74, 6) is -0.807. The van der Waals surface area contributed by atoms with Crippen LogP contribution in [0.15, 0.2) is 12.1 Å². The van der Waals surface area contributed by atoms with Gasteiger partial charge in [-0.15, -0.1) is 0 Å². The quantitative estimate of drug-likeness (QED) is 0.533. The van der Waals surface area contributed by atoms with Crippen molar-refractivity contribution in [3.05, 3.63) is 29.1 Å². The van der Waals surface area contributed by atoms with E-state index in [0.717, 1.165) is 77.1 Å². The average molecular weight is 542 g/mol. The van der Waals surface area contributed by atoms with E-state index in [4.69, 9.17) is 4.74 Å². The van der Waals surface area contributed by atoms with Gasteiger partial charge in [-0.2, -0.15) is 0 Å². The summed E-state index contributed by atoms with van der Waals surface area (Å²) in [4.78, 5) is 42.9. The molecule has 0 aromatic heterocycles. The van der Waals surface area contributed by atoms with Gasteiger partial charge in [-0.3, -0.25) is 24.6 Å². The number of rotatable bonds is 6. The number of benzene rings is 1. The largest absolute Gasteiger partial charge is 0.375 e. The van der Waals surface area contributed by atoms with Gasteiger partial charge < -0.3 is 19.9 Å². The summed E-state index contributed by atoms with van der Waals surface area (Å²) in [7, 11) is 0. The Morgan fingerprint density at radius 2 is 1.62 bits per heavy atom. The molecule has 1 aromatic carbocycles. The number of piperazine rings is 1. The summed E-state index contributed by atoms with van der Waals surface area (Å²) in [5.41, 5.74) is 1.59. The Morgan fingerprint density at radius 1 is 0.897 bits per heavy atom. The van der Waals surface area contributed by atoms with Gasteiger partial charge in [-0.05, 0) is 81.6 Å². The van der Waals surface area contributed by atoms with Gasteiger partial charge in [-0.1, -0.05) is 0 Å². The molecule has 4 fully saturated rings. The van der Waals surface area contributed by atoms with Crippen LogP contribution in [0.4, 0.5) is 10.1 Å². The standard InChI is InChI=1S/C29H40FN5O4/c30-24-16-23-20(18-35(29(23)38)25-5-6-27(36)32-28(25)37)15-26(24)34-13-11-33(12-14-34)17-19-1-3-21(4-2-19)39-22-7-9-31-10-8-22/h15-16,19,21-22,25,31H,1-14,17-18H2,(H,32,36,37). The molecule has 10 heteroatoms. The Balaban J connectivity index is 0.995. The highest BCUT2D eigenvalue weighted by Gasteiger charge is 2.40. The van der Waals surface area contributed by atoms with Gasteiger partial charge in [-0.25, -0.2) is 4.39 Å². The molecule has 0 spiro atoms. The van der Waals surface area contributed by atoms with E-state index in [2.05, 4.69) is 20.4 Å². The monoisotopic (exact) mass is 541 g/mol. The number of nitrogens with one attached hydrogen (secondary N) is 2. The third-order valence-electron chi connectivity index (χ3n) is 9.29. The maximum atomic E-state index is 15.2. The third kappa shape index (κ3) is 5.83. The van der Waals surface area contributed by atoms with Crippen LogP contribution in [-0.4, -0.2) is 91.6 Å². The molecule has 39 heavy (non-hydrogen) atoms. The van der Waals surface area contributed by atoms with Crippen LogP contribution in [0.25, 0.3) is 0 Å². The zero-order chi connectivity index (χ0) is 26.9. The molecule has 1 aromatic rings. The minimum absolute atomic E-state index is 0.202. The van der Waals surface area contributed by atoms with Crippen LogP contribution in [0.5, 0.6) is 0 Å². The molecule has 4 aliphatic heterocycles. The predicted molar refractivity (Wildman–Crippen MR) is 144 cm³/mol. The molecule has 212 valence electrons. The van der Waals surface area contributed by atoms with Crippen molar-refractivity contribution in [2.45, 2.75) is 76.2 Å². The molecule has 3 amide bonds. The Bertz CT molecular complexity index is 1090. The van der Waals surface area contributed by atoms with Crippen molar-refractivity contribution in [2.24, 2.45) is 5.92 Å². The van der Waals surface area contributed by atoms with Gasteiger partial charge in [0, 0.05) is 51.3 Å². The zero-order valence-corrected chi connectivity index (χ0v) is 22.6. The van der Waals surface area contributed by atoms with Crippen molar-refractivity contribution in [3.63, 3.8) is 0 Å². The third-order valence-corrected chi connectivity index (χ3v) is 9.29. The average Bonchev–Trinajstić information content (AvgIpc) is 3.25. The number of nitrogens with zero attached hydrogens (tertiary/aromatic N) is 3. The Morgan fingerprint density at radius 3 is 2.33 bits per heavy atom. The summed E-state index contributed by atoms with van der Waals surface area (Å²) in [6.07, 6.45) is 8.35. The number of hydrogen-bond donors (Lipinski definition) is 2. The molecule has 5 aliphatic rings. The van der Waals surface area contributed by atoms with Gasteiger partial charge in [0.2, 0.25) is 11.8 Å². The van der Waals surface area contributed by atoms with Gasteiger partial charge in [0.05, 0.1) is 17.9 Å². The first-order valence-electron chi connectivity index (χ1n) is 14.7. The molecular formula is C29H40FN5O4. The number of halogens is 1. The van der Waals surface area contributed by atoms with Crippen molar-refractivity contribution in [1.82, 2.24) is 20.4 Å². The fourth-order valence-electron chi connectivity index (χ4n) is 7.01. The second-order valence-electron chi connectivity index (χ2n) is 11.9. The lowest BCUT2D eigenvalue weighted by Gasteiger charge is -2.39. The van der Waals surface area contributed by atoms with Crippen LogP contribution in [0, 0.1) is 11.7 Å². The van der Waals surface area contributed by atoms with E-state index in [1.165, 1.54) is 23.8 Å². The molecule has 3 saturated heterocycles. The summed E-state index contributed by atoms with van der Waals surface area (Å²) >= 11 is 0. The van der Waals surface area contributed by atoms with Crippen LogP contribution in [0.1, 0.15) is 67.3 Å². The topological polar surface area (TPSA) is 94.2 Å². The predicted octanol–water partition coefficient (Wildman–Crippen LogP) is 2.04. The lowest BCUT2D eigenvalue weighted by atomic mass is 9.86. The van der Waals surface area contributed by atoms with E-state index < -0.39 is 17.8 Å². The molecule has 2 N–H and O–H groups in total. The Kier molecular flexibility index (Phi) is 7.86. The number of fused-ring (bicyclic) bond motifs is 1. The van der Waals surface area contributed by atoms with E-state index in [-0.39, 0.29) is 24.8 Å². The van der Waals surface area contributed by atoms with Crippen molar-refractivity contribution >= 4 is 23.4 Å². The highest BCUT2D eigenvalue weighted by Crippen LogP contribution is 2.34. The lowest BCUT2D eigenvalue weighted by molar-refractivity contribution is -0.136. The molecule has 1 saturated carbocycles. The van der Waals surface area contributed by atoms with E-state index in [9.17, 15) is 14.4 Å². The molecule has 6 rings (SSSR count). The van der Waals surface area contributed by atoms with Gasteiger partial charge >= 0.3 is 0 Å². The van der Waals surface area contributed by atoms with E-state index in [1.807, 2.05) is 0 Å². The molecule has 1 unspecified atom stereocenters. The number of amides is 3. The van der Waals surface area contributed by atoms with Crippen LogP contribution in [0.2, 0.25) is 0 Å². The second-order valence-corrected chi connectivity index (χ2v) is 11.9. The smallest absolute Gasteiger partial charge is 0.255 e. The van der Waals surface area contributed by atoms with Crippen molar-refractivity contribution in [3.8, 4) is 0 Å². The SMILES string of the molecule is O=C1CCC(N2Cc3cc(N4CCN(CC5CCC(OC6CCNCC6)CC5)CC4)c(F)cc3C2=O)C(=O)N1. The van der Waals surface area contributed by atoms with E-state index in [0.29, 0.717) is 35.8 Å². The first-order valence-corrected chi connectivity index (χ1v) is 14.7. The Hall–Kier alpha value is -2.56. The van der Waals surface area contributed by atoms with Crippen molar-refractivity contribution in [2.75, 3.05) is 50.7 Å². The van der Waals surface area contributed by atoms with Crippen LogP contribution in [0.3, 0.4) is 0 Å². The van der Waals surface area contributed by atoms with E-state index >= 15 is 4.39 Å². The minimum atomic E-state index is -0.691. The number of hydrogen-bond acceptors (Lipinski definition) is 7. The number of anilines is 1. The molecule has 0 bridgehead atoms. The maximum Gasteiger partial charge on any atom is 0.255 e. The number of piperidine rings is 2. The molecule has 0 radical (unpaired) electrons. The first-order chi connectivity index (χ1) is 18.9. The van der Waals surface area contributed by atoms with Crippen molar-refractivity contribution in [1.29, 1.82) is 0 Å². The van der Waals surface area contributed by atoms with Crippen LogP contribution < -0.4 is 15.5 Å². The Labute approximate surface area is 229 Å². The first kappa shape index (κ1) is 26.7. The lowest BCUT2D eigenvalue weighted by Crippen LogP contribution is -2.52. The summed E-state index contributed by atoms with van der Waals surface area (Å²) in [6.45, 7) is 6.77. The summed E-state index contributed by atoms with van der Waals surface area (Å²) < 4.78 is 21.6. The number of imide groups is 1. The minimum Gasteiger partial charge on any atom is -0.375 e. The highest BCUT2D eigenvalue weighted by molar-refractivity contribution is 6.05. The molecule has 1 aliphatic carbocycles. The highest BCUT2D eigenvalue weighted by atomic mass is 19.1. The number of carbonyl (C=O) groups excluding carboxylic acids is 3. The van der Waals surface area contributed by atoms with E-state index in [1.54, 1.807) is 6.07 Å². The van der Waals surface area contributed by atoms with Crippen LogP contribution in [-0.2, 0) is 20.9 Å². The maximum absolute atomic E-state index is 15.2. The summed E-state index contributed by atoms with van der Waals surface area (Å²) in [5, 5.41) is 5.72. The molecule has 4 heterocycles. The summed E-state index contributed by atoms with van der Waals surface area (Å²) in [6, 6.07) is 2.42. The molecular weight excluding hydrogens is 501 g/mol. The molecule has 1 atom stereocenters. The van der Waals surface area contributed by atoms with Gasteiger partial charge in [0.25, 0.3) is 5.91 Å². The fourth-order valence-corrected chi connectivity index (χ4v) is 7.01. The van der Waals surface area contributed by atoms with Crippen molar-refractivity contribution < 1.29 is 23.5 Å². The molecule has 9 nitrogen and oxygen atoms in total. The normalized spacial score (nSPS) is 29.1. The van der Waals surface area contributed by atoms with Gasteiger partial charge in [0.15, 0.2) is 0 Å². The van der Waals surface area contributed by atoms with Crippen LogP contribution >= 0.6 is 0 Å². The number of carbonyl (C=O) groups is 3.